The molecule has 1 aliphatic carbocycles. The summed E-state index contributed by atoms with van der Waals surface area (Å²) in [5, 5.41) is 0. The Balaban J connectivity index is 2.05. The highest BCUT2D eigenvalue weighted by molar-refractivity contribution is 5.79. The van der Waals surface area contributed by atoms with Crippen molar-refractivity contribution >= 4 is 5.97 Å². The molecule has 2 rings (SSSR count). The first-order chi connectivity index (χ1) is 8.33. The van der Waals surface area contributed by atoms with E-state index in [0.29, 0.717) is 6.61 Å². The lowest BCUT2D eigenvalue weighted by Crippen LogP contribution is -2.21. The number of hydrogen-bond donors (Lipinski definition) is 0. The van der Waals surface area contributed by atoms with Gasteiger partial charge in [0.1, 0.15) is 0 Å². The van der Waals surface area contributed by atoms with Gasteiger partial charge in [-0.2, -0.15) is 0 Å². The van der Waals surface area contributed by atoms with Gasteiger partial charge in [0.15, 0.2) is 0 Å². The molecular weight excluding hydrogens is 212 g/mol. The summed E-state index contributed by atoms with van der Waals surface area (Å²) in [6.45, 7) is 2.66. The summed E-state index contributed by atoms with van der Waals surface area (Å²) >= 11 is 0. The second kappa shape index (κ2) is 5.85. The van der Waals surface area contributed by atoms with Gasteiger partial charge in [-0.05, 0) is 36.8 Å². The number of benzene rings is 1. The third kappa shape index (κ3) is 2.87. The minimum atomic E-state index is -0.0365. The fraction of sp³-hybridized carbons (Fsp3) is 0.533. The van der Waals surface area contributed by atoms with Gasteiger partial charge in [0.2, 0.25) is 0 Å². The molecule has 92 valence electrons. The van der Waals surface area contributed by atoms with Crippen LogP contribution in [0.2, 0.25) is 0 Å². The molecule has 0 N–H and O–H groups in total. The maximum Gasteiger partial charge on any atom is 0.313 e. The number of ether oxygens (including phenoxy) is 1. The van der Waals surface area contributed by atoms with Gasteiger partial charge in [0.25, 0.3) is 0 Å². The topological polar surface area (TPSA) is 26.3 Å². The number of unbranched alkanes of at least 4 members (excludes halogenated alkanes) is 1. The number of rotatable bonds is 4. The van der Waals surface area contributed by atoms with Crippen molar-refractivity contribution in [3.05, 3.63) is 35.4 Å². The Morgan fingerprint density at radius 2 is 2.24 bits per heavy atom. The third-order valence-corrected chi connectivity index (χ3v) is 3.40. The second-order valence-corrected chi connectivity index (χ2v) is 4.66. The zero-order valence-corrected chi connectivity index (χ0v) is 10.4. The van der Waals surface area contributed by atoms with Crippen LogP contribution in [-0.4, -0.2) is 12.6 Å². The summed E-state index contributed by atoms with van der Waals surface area (Å²) in [5.74, 6) is -0.0672. The quantitative estimate of drug-likeness (QED) is 0.587. The van der Waals surface area contributed by atoms with Crippen LogP contribution in [0.5, 0.6) is 0 Å². The maximum absolute atomic E-state index is 12.0. The Morgan fingerprint density at radius 3 is 3.06 bits per heavy atom. The summed E-state index contributed by atoms with van der Waals surface area (Å²) < 4.78 is 5.34. The molecule has 0 heterocycles. The summed E-state index contributed by atoms with van der Waals surface area (Å²) in [7, 11) is 0. The van der Waals surface area contributed by atoms with E-state index in [0.717, 1.165) is 32.1 Å². The van der Waals surface area contributed by atoms with Gasteiger partial charge in [-0.3, -0.25) is 4.79 Å². The zero-order chi connectivity index (χ0) is 12.1. The number of esters is 1. The predicted molar refractivity (Wildman–Crippen MR) is 68.0 cm³/mol. The van der Waals surface area contributed by atoms with Crippen molar-refractivity contribution < 1.29 is 9.53 Å². The smallest absolute Gasteiger partial charge is 0.313 e. The van der Waals surface area contributed by atoms with Crippen LogP contribution < -0.4 is 0 Å². The Labute approximate surface area is 103 Å². The number of carbonyl (C=O) groups excluding carboxylic acids is 1. The largest absolute Gasteiger partial charge is 0.465 e. The maximum atomic E-state index is 12.0. The molecule has 0 aromatic heterocycles. The minimum absolute atomic E-state index is 0.0307. The van der Waals surface area contributed by atoms with E-state index < -0.39 is 0 Å². The van der Waals surface area contributed by atoms with Gasteiger partial charge < -0.3 is 4.74 Å². The highest BCUT2D eigenvalue weighted by Crippen LogP contribution is 2.32. The van der Waals surface area contributed by atoms with Crippen molar-refractivity contribution in [3.8, 4) is 0 Å². The lowest BCUT2D eigenvalue weighted by Gasteiger charge is -2.23. The Kier molecular flexibility index (Phi) is 4.18. The van der Waals surface area contributed by atoms with Crippen LogP contribution in [-0.2, 0) is 16.0 Å². The summed E-state index contributed by atoms with van der Waals surface area (Å²) in [6, 6.07) is 8.25. The molecule has 1 aromatic rings. The van der Waals surface area contributed by atoms with Crippen molar-refractivity contribution in [3.63, 3.8) is 0 Å². The van der Waals surface area contributed by atoms with E-state index in [1.54, 1.807) is 0 Å². The van der Waals surface area contributed by atoms with E-state index >= 15 is 0 Å². The van der Waals surface area contributed by atoms with Crippen LogP contribution in [0.4, 0.5) is 0 Å². The van der Waals surface area contributed by atoms with E-state index in [1.807, 2.05) is 12.1 Å². The van der Waals surface area contributed by atoms with Gasteiger partial charge >= 0.3 is 5.97 Å². The monoisotopic (exact) mass is 232 g/mol. The van der Waals surface area contributed by atoms with E-state index in [4.69, 9.17) is 4.74 Å². The van der Waals surface area contributed by atoms with Crippen LogP contribution >= 0.6 is 0 Å². The van der Waals surface area contributed by atoms with Crippen LogP contribution in [0, 0.1) is 0 Å². The molecule has 1 aliphatic rings. The molecule has 17 heavy (non-hydrogen) atoms. The molecule has 0 spiro atoms. The molecule has 0 bridgehead atoms. The molecular formula is C15H20O2. The van der Waals surface area contributed by atoms with Crippen molar-refractivity contribution in [1.82, 2.24) is 0 Å². The summed E-state index contributed by atoms with van der Waals surface area (Å²) in [5.41, 5.74) is 2.50. The normalized spacial score (nSPS) is 18.5. The zero-order valence-electron chi connectivity index (χ0n) is 10.4. The van der Waals surface area contributed by atoms with Crippen molar-refractivity contribution in [2.75, 3.05) is 6.61 Å². The average Bonchev–Trinajstić information content (AvgIpc) is 2.38. The molecule has 1 unspecified atom stereocenters. The first kappa shape index (κ1) is 12.2. The SMILES string of the molecule is CCCCOC(=O)C1CCCc2ccccc21. The van der Waals surface area contributed by atoms with Crippen LogP contribution in [0.25, 0.3) is 0 Å². The first-order valence-corrected chi connectivity index (χ1v) is 6.57. The predicted octanol–water partition coefficient (Wildman–Crippen LogP) is 3.45. The van der Waals surface area contributed by atoms with E-state index in [9.17, 15) is 4.79 Å². The molecule has 2 heteroatoms. The summed E-state index contributed by atoms with van der Waals surface area (Å²) in [6.07, 6.45) is 5.14. The third-order valence-electron chi connectivity index (χ3n) is 3.40. The molecule has 0 fully saturated rings. The lowest BCUT2D eigenvalue weighted by atomic mass is 9.83. The van der Waals surface area contributed by atoms with E-state index in [-0.39, 0.29) is 11.9 Å². The standard InChI is InChI=1S/C15H20O2/c1-2-3-11-17-15(16)14-10-6-8-12-7-4-5-9-13(12)14/h4-5,7,9,14H,2-3,6,8,10-11H2,1H3. The van der Waals surface area contributed by atoms with Gasteiger partial charge in [-0.25, -0.2) is 0 Å². The Morgan fingerprint density at radius 1 is 1.41 bits per heavy atom. The highest BCUT2D eigenvalue weighted by atomic mass is 16.5. The number of hydrogen-bond acceptors (Lipinski definition) is 2. The number of carbonyl (C=O) groups is 1. The molecule has 0 saturated heterocycles. The second-order valence-electron chi connectivity index (χ2n) is 4.66. The average molecular weight is 232 g/mol. The van der Waals surface area contributed by atoms with E-state index in [1.165, 1.54) is 11.1 Å². The van der Waals surface area contributed by atoms with Gasteiger partial charge in [0.05, 0.1) is 12.5 Å². The fourth-order valence-corrected chi connectivity index (χ4v) is 2.42. The molecule has 0 amide bonds. The summed E-state index contributed by atoms with van der Waals surface area (Å²) in [4.78, 5) is 12.0. The van der Waals surface area contributed by atoms with Crippen LogP contribution in [0.15, 0.2) is 24.3 Å². The van der Waals surface area contributed by atoms with Crippen molar-refractivity contribution in [2.24, 2.45) is 0 Å². The molecule has 1 aromatic carbocycles. The van der Waals surface area contributed by atoms with E-state index in [2.05, 4.69) is 19.1 Å². The molecule has 1 atom stereocenters. The Hall–Kier alpha value is -1.31. The number of fused-ring (bicyclic) bond motifs is 1. The van der Waals surface area contributed by atoms with Gasteiger partial charge in [-0.15, -0.1) is 0 Å². The number of aryl methyl sites for hydroxylation is 1. The van der Waals surface area contributed by atoms with Crippen LogP contribution in [0.3, 0.4) is 0 Å². The Bertz CT molecular complexity index is 384. The molecule has 0 aliphatic heterocycles. The fourth-order valence-electron chi connectivity index (χ4n) is 2.42. The molecule has 0 saturated carbocycles. The van der Waals surface area contributed by atoms with Crippen molar-refractivity contribution in [2.45, 2.75) is 44.9 Å². The van der Waals surface area contributed by atoms with Crippen LogP contribution in [0.1, 0.15) is 49.7 Å². The van der Waals surface area contributed by atoms with Gasteiger partial charge in [0, 0.05) is 0 Å². The first-order valence-electron chi connectivity index (χ1n) is 6.57. The highest BCUT2D eigenvalue weighted by Gasteiger charge is 2.27. The minimum Gasteiger partial charge on any atom is -0.465 e. The van der Waals surface area contributed by atoms with Crippen molar-refractivity contribution in [1.29, 1.82) is 0 Å². The molecule has 2 nitrogen and oxygen atoms in total. The lowest BCUT2D eigenvalue weighted by molar-refractivity contribution is -0.146. The van der Waals surface area contributed by atoms with Gasteiger partial charge in [-0.1, -0.05) is 37.6 Å². The molecule has 0 radical (unpaired) electrons.